The third-order valence-corrected chi connectivity index (χ3v) is 7.32. The minimum atomic E-state index is -1.08. The third kappa shape index (κ3) is 22.8. The van der Waals surface area contributed by atoms with Crippen LogP contribution in [0.25, 0.3) is 0 Å². The first-order valence-electron chi connectivity index (χ1n) is 16.2. The molecule has 2 amide bonds. The highest BCUT2D eigenvalue weighted by Crippen LogP contribution is 2.14. The molecule has 0 saturated carbocycles. The lowest BCUT2D eigenvalue weighted by Crippen LogP contribution is -2.54. The predicted octanol–water partition coefficient (Wildman–Crippen LogP) is 7.56. The standard InChI is InChI=1S/C32H62N2O5/c1-5-7-9-10-11-12-13-14-15-16-17-18-19-20-21-23-25-39-26-28(33-29(35)24-22-8-6-2)31(36)34-30(27(3)4)32(37)38/h27-28,30H,5-26H2,1-4H3,(H,33,35)(H,34,36)(H,37,38)/t28-,30+/m1/s1. The van der Waals surface area contributed by atoms with Gasteiger partial charge in [-0.15, -0.1) is 0 Å². The average molecular weight is 555 g/mol. The van der Waals surface area contributed by atoms with Gasteiger partial charge in [-0.25, -0.2) is 4.79 Å². The molecule has 39 heavy (non-hydrogen) atoms. The highest BCUT2D eigenvalue weighted by molar-refractivity contribution is 5.90. The molecule has 3 N–H and O–H groups in total. The van der Waals surface area contributed by atoms with Crippen molar-refractivity contribution in [1.29, 1.82) is 0 Å². The first-order chi connectivity index (χ1) is 18.8. The molecule has 0 aromatic rings. The smallest absolute Gasteiger partial charge is 0.326 e. The molecule has 0 spiro atoms. The molecule has 0 bridgehead atoms. The molecule has 0 rings (SSSR count). The summed E-state index contributed by atoms with van der Waals surface area (Å²) in [5.41, 5.74) is 0. The second kappa shape index (κ2) is 26.6. The van der Waals surface area contributed by atoms with Crippen LogP contribution in [0.15, 0.2) is 0 Å². The van der Waals surface area contributed by atoms with Crippen molar-refractivity contribution >= 4 is 17.8 Å². The fraction of sp³-hybridized carbons (Fsp3) is 0.906. The van der Waals surface area contributed by atoms with E-state index in [1.807, 2.05) is 0 Å². The SMILES string of the molecule is CCCCCCCCCCCCCCCCCCOC[C@@H](NC(=O)CCCCC)C(=O)N[C@H](C(=O)O)C(C)C. The number of hydrogen-bond acceptors (Lipinski definition) is 4. The molecule has 0 aliphatic carbocycles. The van der Waals surface area contributed by atoms with Crippen LogP contribution >= 0.6 is 0 Å². The van der Waals surface area contributed by atoms with Crippen LogP contribution in [0.1, 0.15) is 156 Å². The van der Waals surface area contributed by atoms with Crippen molar-refractivity contribution < 1.29 is 24.2 Å². The summed E-state index contributed by atoms with van der Waals surface area (Å²) < 4.78 is 5.74. The van der Waals surface area contributed by atoms with Crippen LogP contribution in [-0.4, -0.2) is 48.2 Å². The number of carbonyl (C=O) groups is 3. The molecule has 0 aliphatic heterocycles. The van der Waals surface area contributed by atoms with E-state index in [0.717, 1.165) is 32.1 Å². The van der Waals surface area contributed by atoms with E-state index in [9.17, 15) is 19.5 Å². The maximum absolute atomic E-state index is 12.8. The van der Waals surface area contributed by atoms with Crippen LogP contribution in [0.4, 0.5) is 0 Å². The molecule has 0 saturated heterocycles. The van der Waals surface area contributed by atoms with E-state index in [2.05, 4.69) is 24.5 Å². The number of carboxylic acid groups (broad SMARTS) is 1. The van der Waals surface area contributed by atoms with Gasteiger partial charge in [0.25, 0.3) is 0 Å². The third-order valence-electron chi connectivity index (χ3n) is 7.32. The van der Waals surface area contributed by atoms with Gasteiger partial charge in [0.05, 0.1) is 6.61 Å². The number of unbranched alkanes of at least 4 members (excludes halogenated alkanes) is 17. The van der Waals surface area contributed by atoms with Crippen LogP contribution in [-0.2, 0) is 19.1 Å². The first-order valence-corrected chi connectivity index (χ1v) is 16.2. The molecule has 0 aromatic heterocycles. The van der Waals surface area contributed by atoms with Gasteiger partial charge in [0.2, 0.25) is 11.8 Å². The van der Waals surface area contributed by atoms with E-state index in [1.165, 1.54) is 89.9 Å². The number of carboxylic acids is 1. The number of ether oxygens (including phenoxy) is 1. The highest BCUT2D eigenvalue weighted by atomic mass is 16.5. The summed E-state index contributed by atoms with van der Waals surface area (Å²) in [6.45, 7) is 8.40. The first kappa shape index (κ1) is 37.4. The average Bonchev–Trinajstić information content (AvgIpc) is 2.90. The van der Waals surface area contributed by atoms with Crippen molar-refractivity contribution in [2.24, 2.45) is 5.92 Å². The highest BCUT2D eigenvalue weighted by Gasteiger charge is 2.28. The number of amides is 2. The van der Waals surface area contributed by atoms with E-state index in [0.29, 0.717) is 13.0 Å². The van der Waals surface area contributed by atoms with Crippen molar-refractivity contribution in [2.75, 3.05) is 13.2 Å². The molecule has 0 fully saturated rings. The maximum atomic E-state index is 12.8. The lowest BCUT2D eigenvalue weighted by molar-refractivity contribution is -0.143. The molecule has 0 heterocycles. The quantitative estimate of drug-likeness (QED) is 0.0866. The minimum absolute atomic E-state index is 0.0501. The monoisotopic (exact) mass is 554 g/mol. The Morgan fingerprint density at radius 1 is 0.641 bits per heavy atom. The molecule has 0 aromatic carbocycles. The lowest BCUT2D eigenvalue weighted by atomic mass is 10.0. The van der Waals surface area contributed by atoms with Gasteiger partial charge in [-0.2, -0.15) is 0 Å². The molecule has 2 atom stereocenters. The summed E-state index contributed by atoms with van der Waals surface area (Å²) in [6, 6.07) is -1.89. The Morgan fingerprint density at radius 2 is 1.08 bits per heavy atom. The number of hydrogen-bond donors (Lipinski definition) is 3. The summed E-state index contributed by atoms with van der Waals surface area (Å²) in [5.74, 6) is -2.06. The number of carbonyl (C=O) groups excluding carboxylic acids is 2. The Kier molecular flexibility index (Phi) is 25.5. The van der Waals surface area contributed by atoms with Crippen LogP contribution < -0.4 is 10.6 Å². The van der Waals surface area contributed by atoms with Gasteiger partial charge in [0, 0.05) is 13.0 Å². The van der Waals surface area contributed by atoms with Crippen LogP contribution in [0.3, 0.4) is 0 Å². The topological polar surface area (TPSA) is 105 Å². The van der Waals surface area contributed by atoms with Gasteiger partial charge in [0.15, 0.2) is 0 Å². The summed E-state index contributed by atoms with van der Waals surface area (Å²) in [6.07, 6.45) is 24.0. The van der Waals surface area contributed by atoms with E-state index in [-0.39, 0.29) is 18.4 Å². The van der Waals surface area contributed by atoms with Gasteiger partial charge < -0.3 is 20.5 Å². The molecular formula is C32H62N2O5. The van der Waals surface area contributed by atoms with Crippen molar-refractivity contribution in [3.8, 4) is 0 Å². The fourth-order valence-electron chi connectivity index (χ4n) is 4.71. The molecule has 7 heteroatoms. The fourth-order valence-corrected chi connectivity index (χ4v) is 4.71. The Balaban J connectivity index is 4.04. The van der Waals surface area contributed by atoms with E-state index >= 15 is 0 Å². The van der Waals surface area contributed by atoms with Crippen molar-refractivity contribution in [3.05, 3.63) is 0 Å². The summed E-state index contributed by atoms with van der Waals surface area (Å²) >= 11 is 0. The number of aliphatic carboxylic acids is 1. The van der Waals surface area contributed by atoms with Gasteiger partial charge in [-0.05, 0) is 18.8 Å². The zero-order valence-corrected chi connectivity index (χ0v) is 25.9. The Labute approximate surface area is 240 Å². The molecule has 0 aliphatic rings. The zero-order chi connectivity index (χ0) is 29.1. The largest absolute Gasteiger partial charge is 0.480 e. The maximum Gasteiger partial charge on any atom is 0.326 e. The Morgan fingerprint density at radius 3 is 1.51 bits per heavy atom. The van der Waals surface area contributed by atoms with Crippen molar-refractivity contribution in [1.82, 2.24) is 10.6 Å². The Hall–Kier alpha value is -1.63. The number of rotatable bonds is 28. The van der Waals surface area contributed by atoms with Gasteiger partial charge >= 0.3 is 5.97 Å². The summed E-state index contributed by atoms with van der Waals surface area (Å²) in [5, 5.41) is 14.7. The second-order valence-electron chi connectivity index (χ2n) is 11.5. The second-order valence-corrected chi connectivity index (χ2v) is 11.5. The summed E-state index contributed by atoms with van der Waals surface area (Å²) in [7, 11) is 0. The zero-order valence-electron chi connectivity index (χ0n) is 25.9. The van der Waals surface area contributed by atoms with E-state index in [4.69, 9.17) is 4.74 Å². The lowest BCUT2D eigenvalue weighted by Gasteiger charge is -2.23. The van der Waals surface area contributed by atoms with Gasteiger partial charge in [-0.1, -0.05) is 137 Å². The predicted molar refractivity (Wildman–Crippen MR) is 161 cm³/mol. The molecule has 0 unspecified atom stereocenters. The van der Waals surface area contributed by atoms with Crippen LogP contribution in [0.5, 0.6) is 0 Å². The molecule has 7 nitrogen and oxygen atoms in total. The van der Waals surface area contributed by atoms with Crippen LogP contribution in [0.2, 0.25) is 0 Å². The van der Waals surface area contributed by atoms with Gasteiger partial charge in [-0.3, -0.25) is 9.59 Å². The normalized spacial score (nSPS) is 12.8. The molecule has 0 radical (unpaired) electrons. The summed E-state index contributed by atoms with van der Waals surface area (Å²) in [4.78, 5) is 36.6. The van der Waals surface area contributed by atoms with E-state index < -0.39 is 24.0 Å². The minimum Gasteiger partial charge on any atom is -0.480 e. The van der Waals surface area contributed by atoms with Gasteiger partial charge in [0.1, 0.15) is 12.1 Å². The Bertz CT molecular complexity index is 611. The molecular weight excluding hydrogens is 492 g/mol. The van der Waals surface area contributed by atoms with Crippen molar-refractivity contribution in [3.63, 3.8) is 0 Å². The number of nitrogens with one attached hydrogen (secondary N) is 2. The molecule has 230 valence electrons. The van der Waals surface area contributed by atoms with Crippen LogP contribution in [0, 0.1) is 5.92 Å². The van der Waals surface area contributed by atoms with E-state index in [1.54, 1.807) is 13.8 Å². The van der Waals surface area contributed by atoms with Crippen molar-refractivity contribution in [2.45, 2.75) is 168 Å².